The lowest BCUT2D eigenvalue weighted by Crippen LogP contribution is -2.42. The van der Waals surface area contributed by atoms with Gasteiger partial charge in [0.1, 0.15) is 11.7 Å². The van der Waals surface area contributed by atoms with Crippen molar-refractivity contribution >= 4 is 38.5 Å². The molecule has 12 heteroatoms. The number of hydrogen-bond acceptors (Lipinski definition) is 9. The van der Waals surface area contributed by atoms with E-state index in [2.05, 4.69) is 5.32 Å². The molecule has 1 atom stereocenters. The van der Waals surface area contributed by atoms with Gasteiger partial charge in [0.05, 0.1) is 11.5 Å². The van der Waals surface area contributed by atoms with E-state index in [1.165, 1.54) is 34.6 Å². The van der Waals surface area contributed by atoms with Gasteiger partial charge in [-0.1, -0.05) is 13.8 Å². The van der Waals surface area contributed by atoms with Crippen LogP contribution in [-0.4, -0.2) is 72.8 Å². The summed E-state index contributed by atoms with van der Waals surface area (Å²) in [6.45, 7) is 3.49. The fourth-order valence-corrected chi connectivity index (χ4v) is 5.75. The van der Waals surface area contributed by atoms with E-state index in [4.69, 9.17) is 4.42 Å². The van der Waals surface area contributed by atoms with Crippen LogP contribution in [0.3, 0.4) is 0 Å². The molecule has 0 radical (unpaired) electrons. The molecule has 1 saturated heterocycles. The van der Waals surface area contributed by atoms with Gasteiger partial charge in [-0.2, -0.15) is 4.31 Å². The number of nitrogens with zero attached hydrogens (tertiary/aromatic N) is 1. The van der Waals surface area contributed by atoms with E-state index in [1.54, 1.807) is 13.8 Å². The SMILES string of the molecule is CC(C)(CO)[C@@H](O)C(=O)CCCC(=O)C(=O)NCC1CCN(S(=O)(=O)c2ccc3oc(=O)ccc3c2)CC1. The van der Waals surface area contributed by atoms with Gasteiger partial charge in [-0.05, 0) is 49.4 Å². The first kappa shape index (κ1) is 29.6. The normalized spacial score (nSPS) is 16.3. The third kappa shape index (κ3) is 7.13. The van der Waals surface area contributed by atoms with Crippen molar-refractivity contribution in [2.75, 3.05) is 26.2 Å². The number of hydrogen-bond donors (Lipinski definition) is 3. The summed E-state index contributed by atoms with van der Waals surface area (Å²) in [5, 5.41) is 22.4. The van der Waals surface area contributed by atoms with Crippen molar-refractivity contribution in [2.24, 2.45) is 11.3 Å². The van der Waals surface area contributed by atoms with E-state index in [0.717, 1.165) is 0 Å². The van der Waals surface area contributed by atoms with Gasteiger partial charge in [-0.15, -0.1) is 0 Å². The number of piperidine rings is 1. The molecule has 1 amide bonds. The highest BCUT2D eigenvalue weighted by molar-refractivity contribution is 7.89. The van der Waals surface area contributed by atoms with Crippen LogP contribution in [0.4, 0.5) is 0 Å². The van der Waals surface area contributed by atoms with Gasteiger partial charge in [0, 0.05) is 49.3 Å². The predicted molar refractivity (Wildman–Crippen MR) is 138 cm³/mol. The van der Waals surface area contributed by atoms with Gasteiger partial charge in [0.15, 0.2) is 5.78 Å². The Labute approximate surface area is 220 Å². The monoisotopic (exact) mass is 550 g/mol. The number of fused-ring (bicyclic) bond motifs is 1. The number of amides is 1. The molecule has 38 heavy (non-hydrogen) atoms. The third-order valence-electron chi connectivity index (χ3n) is 6.89. The number of carbonyl (C=O) groups is 3. The van der Waals surface area contributed by atoms with Crippen molar-refractivity contribution in [3.05, 3.63) is 40.8 Å². The summed E-state index contributed by atoms with van der Waals surface area (Å²) >= 11 is 0. The summed E-state index contributed by atoms with van der Waals surface area (Å²) in [5.74, 6) is -1.91. The minimum absolute atomic E-state index is 0.00140. The lowest BCUT2D eigenvalue weighted by atomic mass is 9.84. The summed E-state index contributed by atoms with van der Waals surface area (Å²) < 4.78 is 32.6. The number of benzene rings is 1. The fourth-order valence-electron chi connectivity index (χ4n) is 4.24. The Morgan fingerprint density at radius 3 is 2.47 bits per heavy atom. The topological polar surface area (TPSA) is 171 Å². The number of ketones is 2. The molecule has 0 spiro atoms. The number of aliphatic hydroxyl groups excluding tert-OH is 2. The predicted octanol–water partition coefficient (Wildman–Crippen LogP) is 0.998. The van der Waals surface area contributed by atoms with Gasteiger partial charge in [-0.25, -0.2) is 13.2 Å². The van der Waals surface area contributed by atoms with Gasteiger partial charge >= 0.3 is 5.63 Å². The lowest BCUT2D eigenvalue weighted by molar-refractivity contribution is -0.138. The maximum Gasteiger partial charge on any atom is 0.336 e. The molecule has 1 aromatic carbocycles. The molecule has 3 rings (SSSR count). The zero-order valence-electron chi connectivity index (χ0n) is 21.5. The minimum Gasteiger partial charge on any atom is -0.423 e. The van der Waals surface area contributed by atoms with Gasteiger partial charge in [0.25, 0.3) is 5.91 Å². The van der Waals surface area contributed by atoms with Gasteiger partial charge in [-0.3, -0.25) is 14.4 Å². The third-order valence-corrected chi connectivity index (χ3v) is 8.78. The molecule has 208 valence electrons. The largest absolute Gasteiger partial charge is 0.423 e. The van der Waals surface area contributed by atoms with Crippen LogP contribution in [0, 0.1) is 11.3 Å². The van der Waals surface area contributed by atoms with Crippen molar-refractivity contribution < 1.29 is 37.4 Å². The smallest absolute Gasteiger partial charge is 0.336 e. The number of rotatable bonds is 12. The maximum absolute atomic E-state index is 13.1. The molecule has 1 aliphatic rings. The molecular formula is C26H34N2O9S. The first-order valence-corrected chi connectivity index (χ1v) is 14.0. The van der Waals surface area contributed by atoms with Gasteiger partial charge in [0.2, 0.25) is 15.8 Å². The van der Waals surface area contributed by atoms with Crippen LogP contribution < -0.4 is 10.9 Å². The second-order valence-electron chi connectivity index (χ2n) is 10.3. The van der Waals surface area contributed by atoms with Crippen molar-refractivity contribution in [1.82, 2.24) is 9.62 Å². The Kier molecular flexibility index (Phi) is 9.58. The number of carbonyl (C=O) groups excluding carboxylic acids is 3. The van der Waals surface area contributed by atoms with Gasteiger partial charge < -0.3 is 19.9 Å². The number of Topliss-reactive ketones (excluding diaryl/α,β-unsaturated/α-hetero) is 2. The average Bonchev–Trinajstić information content (AvgIpc) is 2.90. The highest BCUT2D eigenvalue weighted by Gasteiger charge is 2.33. The quantitative estimate of drug-likeness (QED) is 0.257. The van der Waals surface area contributed by atoms with Crippen LogP contribution >= 0.6 is 0 Å². The van der Waals surface area contributed by atoms with Crippen LogP contribution in [0.5, 0.6) is 0 Å². The molecule has 11 nitrogen and oxygen atoms in total. The average molecular weight is 551 g/mol. The molecule has 2 heterocycles. The second-order valence-corrected chi connectivity index (χ2v) is 12.2. The van der Waals surface area contributed by atoms with E-state index < -0.39 is 44.6 Å². The highest BCUT2D eigenvalue weighted by atomic mass is 32.2. The Hall–Kier alpha value is -2.93. The summed E-state index contributed by atoms with van der Waals surface area (Å²) in [5.41, 5.74) is -1.20. The molecule has 0 aliphatic carbocycles. The Balaban J connectivity index is 1.43. The van der Waals surface area contributed by atoms with Crippen LogP contribution in [-0.2, 0) is 24.4 Å². The molecule has 1 aliphatic heterocycles. The van der Waals surface area contributed by atoms with Crippen molar-refractivity contribution in [2.45, 2.75) is 57.0 Å². The van der Waals surface area contributed by atoms with Crippen LogP contribution in [0.15, 0.2) is 44.4 Å². The Bertz CT molecular complexity index is 1340. The number of aliphatic hydroxyl groups is 2. The Morgan fingerprint density at radius 1 is 1.13 bits per heavy atom. The second kappa shape index (κ2) is 12.3. The molecule has 1 fully saturated rings. The number of nitrogens with one attached hydrogen (secondary N) is 1. The van der Waals surface area contributed by atoms with E-state index in [1.807, 2.05) is 0 Å². The van der Waals surface area contributed by atoms with Crippen molar-refractivity contribution in [3.8, 4) is 0 Å². The number of sulfonamides is 1. The first-order chi connectivity index (χ1) is 17.8. The minimum atomic E-state index is -3.75. The van der Waals surface area contributed by atoms with Crippen LogP contribution in [0.25, 0.3) is 11.0 Å². The fraction of sp³-hybridized carbons (Fsp3) is 0.538. The first-order valence-electron chi connectivity index (χ1n) is 12.5. The lowest BCUT2D eigenvalue weighted by Gasteiger charge is -2.31. The van der Waals surface area contributed by atoms with E-state index in [0.29, 0.717) is 23.8 Å². The molecule has 0 saturated carbocycles. The molecular weight excluding hydrogens is 516 g/mol. The molecule has 3 N–H and O–H groups in total. The van der Waals surface area contributed by atoms with E-state index >= 15 is 0 Å². The summed E-state index contributed by atoms with van der Waals surface area (Å²) in [6, 6.07) is 7.06. The van der Waals surface area contributed by atoms with Crippen molar-refractivity contribution in [3.63, 3.8) is 0 Å². The van der Waals surface area contributed by atoms with Crippen LogP contribution in [0.2, 0.25) is 0 Å². The summed E-state index contributed by atoms with van der Waals surface area (Å²) in [4.78, 5) is 47.8. The summed E-state index contributed by atoms with van der Waals surface area (Å²) in [6.07, 6.45) is -0.458. The Morgan fingerprint density at radius 2 is 1.82 bits per heavy atom. The zero-order chi connectivity index (χ0) is 28.1. The zero-order valence-corrected chi connectivity index (χ0v) is 22.3. The summed E-state index contributed by atoms with van der Waals surface area (Å²) in [7, 11) is -3.75. The van der Waals surface area contributed by atoms with Crippen molar-refractivity contribution in [1.29, 1.82) is 0 Å². The molecule has 2 aromatic rings. The highest BCUT2D eigenvalue weighted by Crippen LogP contribution is 2.26. The maximum atomic E-state index is 13.1. The molecule has 0 bridgehead atoms. The van der Waals surface area contributed by atoms with E-state index in [-0.39, 0.29) is 56.3 Å². The van der Waals surface area contributed by atoms with Crippen LogP contribution in [0.1, 0.15) is 46.0 Å². The standard InChI is InChI=1S/C26H34N2O9S/c1-26(2,16-29)24(33)20(30)4-3-5-21(31)25(34)27-15-17-10-12-28(13-11-17)38(35,36)19-7-8-22-18(14-19)6-9-23(32)37-22/h6-9,14,17,24,29,33H,3-5,10-13,15-16H2,1-2H3,(H,27,34)/t24-/m0/s1. The molecule has 1 aromatic heterocycles. The molecule has 0 unspecified atom stereocenters. The van der Waals surface area contributed by atoms with E-state index in [9.17, 15) is 37.8 Å².